The quantitative estimate of drug-likeness (QED) is 0.472. The van der Waals surface area contributed by atoms with Gasteiger partial charge in [-0.25, -0.2) is 0 Å². The third-order valence-electron chi connectivity index (χ3n) is 4.60. The number of aliphatic hydroxyl groups is 3. The lowest BCUT2D eigenvalue weighted by molar-refractivity contribution is -0.274. The first kappa shape index (κ1) is 20.5. The predicted molar refractivity (Wildman–Crippen MR) is 93.7 cm³/mol. The summed E-state index contributed by atoms with van der Waals surface area (Å²) in [7, 11) is -0.179. The third kappa shape index (κ3) is 5.35. The van der Waals surface area contributed by atoms with Crippen LogP contribution in [0, 0.1) is 0 Å². The van der Waals surface area contributed by atoms with Gasteiger partial charge in [0, 0.05) is 0 Å². The van der Waals surface area contributed by atoms with Crippen molar-refractivity contribution in [2.24, 2.45) is 0 Å². The molecule has 2 aliphatic rings. The molecule has 2 heterocycles. The Morgan fingerprint density at radius 3 is 2.52 bits per heavy atom. The van der Waals surface area contributed by atoms with E-state index >= 15 is 0 Å². The molecule has 0 aromatic carbocycles. The molecular weight excluding hydrogens is 344 g/mol. The molecule has 2 fully saturated rings. The van der Waals surface area contributed by atoms with E-state index in [1.807, 2.05) is 5.70 Å². The topological polar surface area (TPSA) is 105 Å². The third-order valence-corrected chi connectivity index (χ3v) is 5.79. The fourth-order valence-corrected chi connectivity index (χ4v) is 3.98. The molecule has 3 N–H and O–H groups in total. The fraction of sp³-hybridized carbons (Fsp3) is 0.824. The molecule has 2 saturated heterocycles. The summed E-state index contributed by atoms with van der Waals surface area (Å²) in [6.07, 6.45) is -2.93. The van der Waals surface area contributed by atoms with Crippen molar-refractivity contribution in [1.82, 2.24) is 0 Å². The highest BCUT2D eigenvalue weighted by atomic mass is 28.3. The summed E-state index contributed by atoms with van der Waals surface area (Å²) < 4.78 is 16.2. The van der Waals surface area contributed by atoms with Crippen molar-refractivity contribution in [2.45, 2.75) is 81.6 Å². The summed E-state index contributed by atoms with van der Waals surface area (Å²) in [6, 6.07) is 0. The molecule has 1 unspecified atom stereocenters. The maximum atomic E-state index is 11.4. The van der Waals surface area contributed by atoms with Crippen LogP contribution >= 0.6 is 0 Å². The summed E-state index contributed by atoms with van der Waals surface area (Å²) in [4.78, 5) is 11.4. The van der Waals surface area contributed by atoms with E-state index in [2.05, 4.69) is 24.4 Å². The van der Waals surface area contributed by atoms with Crippen LogP contribution in [-0.4, -0.2) is 79.2 Å². The van der Waals surface area contributed by atoms with Gasteiger partial charge in [0.2, 0.25) is 0 Å². The SMILES string of the molecule is COC(=O)CC1CC[C@@H]2O[C@@H]([C@@H](O)C=C[Si](C)(C)C)[C@@H](O)[C@@H](O)[C@H]2O1. The minimum atomic E-state index is -1.49. The molecule has 2 aliphatic heterocycles. The number of carbonyl (C=O) groups is 1. The molecule has 144 valence electrons. The minimum Gasteiger partial charge on any atom is -0.469 e. The Labute approximate surface area is 149 Å². The highest BCUT2D eigenvalue weighted by Crippen LogP contribution is 2.34. The van der Waals surface area contributed by atoms with Crippen LogP contribution < -0.4 is 0 Å². The Hall–Kier alpha value is -0.773. The van der Waals surface area contributed by atoms with Crippen LogP contribution in [-0.2, 0) is 19.0 Å². The Morgan fingerprint density at radius 1 is 1.24 bits per heavy atom. The highest BCUT2D eigenvalue weighted by Gasteiger charge is 2.49. The molecule has 0 spiro atoms. The van der Waals surface area contributed by atoms with Crippen molar-refractivity contribution in [3.63, 3.8) is 0 Å². The molecule has 0 aromatic heterocycles. The fourth-order valence-electron chi connectivity index (χ4n) is 3.21. The molecule has 25 heavy (non-hydrogen) atoms. The molecule has 0 bridgehead atoms. The zero-order valence-corrected chi connectivity index (χ0v) is 16.3. The van der Waals surface area contributed by atoms with Gasteiger partial charge in [0.25, 0.3) is 0 Å². The zero-order valence-electron chi connectivity index (χ0n) is 15.3. The van der Waals surface area contributed by atoms with Gasteiger partial charge in [-0.2, -0.15) is 0 Å². The van der Waals surface area contributed by atoms with Gasteiger partial charge >= 0.3 is 5.97 Å². The van der Waals surface area contributed by atoms with E-state index < -0.39 is 44.7 Å². The summed E-state index contributed by atoms with van der Waals surface area (Å²) in [6.45, 7) is 6.40. The lowest BCUT2D eigenvalue weighted by atomic mass is 9.87. The van der Waals surface area contributed by atoms with Crippen LogP contribution in [0.25, 0.3) is 0 Å². The van der Waals surface area contributed by atoms with Crippen molar-refractivity contribution in [2.75, 3.05) is 7.11 Å². The van der Waals surface area contributed by atoms with E-state index in [0.717, 1.165) is 0 Å². The first-order chi connectivity index (χ1) is 11.6. The maximum absolute atomic E-state index is 11.4. The number of ether oxygens (including phenoxy) is 3. The number of carbonyl (C=O) groups excluding carboxylic acids is 1. The Balaban J connectivity index is 2.02. The smallest absolute Gasteiger partial charge is 0.308 e. The second-order valence-corrected chi connectivity index (χ2v) is 13.0. The van der Waals surface area contributed by atoms with Gasteiger partial charge in [-0.1, -0.05) is 31.4 Å². The number of fused-ring (bicyclic) bond motifs is 1. The maximum Gasteiger partial charge on any atom is 0.308 e. The monoisotopic (exact) mass is 374 g/mol. The summed E-state index contributed by atoms with van der Waals surface area (Å²) in [5, 5.41) is 31.1. The van der Waals surface area contributed by atoms with E-state index in [9.17, 15) is 20.1 Å². The number of aliphatic hydroxyl groups excluding tert-OH is 3. The van der Waals surface area contributed by atoms with Crippen LogP contribution in [0.2, 0.25) is 19.6 Å². The molecule has 0 aliphatic carbocycles. The van der Waals surface area contributed by atoms with Gasteiger partial charge < -0.3 is 29.5 Å². The molecule has 0 aromatic rings. The predicted octanol–water partition coefficient (Wildman–Crippen LogP) is 0.381. The zero-order chi connectivity index (χ0) is 18.8. The summed E-state index contributed by atoms with van der Waals surface area (Å²) in [5.41, 5.74) is 1.98. The van der Waals surface area contributed by atoms with Crippen molar-refractivity contribution in [1.29, 1.82) is 0 Å². The van der Waals surface area contributed by atoms with Crippen LogP contribution in [0.3, 0.4) is 0 Å². The highest BCUT2D eigenvalue weighted by molar-refractivity contribution is 6.80. The molecule has 8 heteroatoms. The number of hydrogen-bond acceptors (Lipinski definition) is 7. The van der Waals surface area contributed by atoms with Crippen molar-refractivity contribution >= 4 is 14.0 Å². The molecular formula is C17H30O7Si. The standard InChI is InChI=1S/C17H30O7Si/c1-22-13(19)9-10-5-6-12-17(23-10)15(21)14(20)16(24-12)11(18)7-8-25(2,3)4/h7-8,10-12,14-18,20-21H,5-6,9H2,1-4H3/t10?,11-,12-,14-,15+,16-,17-/m0/s1. The Kier molecular flexibility index (Phi) is 6.80. The Morgan fingerprint density at radius 2 is 1.92 bits per heavy atom. The molecule has 0 radical (unpaired) electrons. The van der Waals surface area contributed by atoms with Crippen LogP contribution in [0.1, 0.15) is 19.3 Å². The normalized spacial score (nSPS) is 37.6. The lowest BCUT2D eigenvalue weighted by Gasteiger charge is -2.47. The second-order valence-electron chi connectivity index (χ2n) is 7.92. The molecule has 0 saturated carbocycles. The van der Waals surface area contributed by atoms with Gasteiger partial charge in [-0.05, 0) is 12.8 Å². The van der Waals surface area contributed by atoms with Crippen LogP contribution in [0.15, 0.2) is 11.8 Å². The van der Waals surface area contributed by atoms with E-state index in [-0.39, 0.29) is 18.5 Å². The molecule has 2 rings (SSSR count). The molecule has 7 nitrogen and oxygen atoms in total. The van der Waals surface area contributed by atoms with E-state index in [1.54, 1.807) is 6.08 Å². The van der Waals surface area contributed by atoms with E-state index in [1.165, 1.54) is 7.11 Å². The average molecular weight is 375 g/mol. The van der Waals surface area contributed by atoms with Gasteiger partial charge in [0.05, 0.1) is 33.8 Å². The molecule has 7 atom stereocenters. The Bertz CT molecular complexity index is 488. The number of hydrogen-bond donors (Lipinski definition) is 3. The van der Waals surface area contributed by atoms with Gasteiger partial charge in [-0.3, -0.25) is 4.79 Å². The molecule has 0 amide bonds. The van der Waals surface area contributed by atoms with E-state index in [4.69, 9.17) is 9.47 Å². The van der Waals surface area contributed by atoms with Crippen molar-refractivity contribution < 1.29 is 34.3 Å². The average Bonchev–Trinajstić information content (AvgIpc) is 2.55. The van der Waals surface area contributed by atoms with Crippen LogP contribution in [0.5, 0.6) is 0 Å². The largest absolute Gasteiger partial charge is 0.469 e. The second kappa shape index (κ2) is 8.28. The van der Waals surface area contributed by atoms with E-state index in [0.29, 0.717) is 12.8 Å². The minimum absolute atomic E-state index is 0.105. The van der Waals surface area contributed by atoms with Gasteiger partial charge in [-0.15, -0.1) is 0 Å². The first-order valence-electron chi connectivity index (χ1n) is 8.73. The summed E-state index contributed by atoms with van der Waals surface area (Å²) in [5.74, 6) is -0.375. The number of rotatable bonds is 5. The van der Waals surface area contributed by atoms with Crippen molar-refractivity contribution in [3.05, 3.63) is 11.8 Å². The number of esters is 1. The van der Waals surface area contributed by atoms with Gasteiger partial charge in [0.15, 0.2) is 0 Å². The lowest BCUT2D eigenvalue weighted by Crippen LogP contribution is -2.63. The van der Waals surface area contributed by atoms with Gasteiger partial charge in [0.1, 0.15) is 30.5 Å². The van der Waals surface area contributed by atoms with Crippen molar-refractivity contribution in [3.8, 4) is 0 Å². The van der Waals surface area contributed by atoms with Crippen LogP contribution in [0.4, 0.5) is 0 Å². The number of methoxy groups -OCH3 is 1. The first-order valence-corrected chi connectivity index (χ1v) is 12.3. The summed E-state index contributed by atoms with van der Waals surface area (Å²) >= 11 is 0.